The van der Waals surface area contributed by atoms with Crippen LogP contribution < -0.4 is 62.0 Å². The summed E-state index contributed by atoms with van der Waals surface area (Å²) < 4.78 is 0. The summed E-state index contributed by atoms with van der Waals surface area (Å²) in [4.78, 5) is 0. The minimum Gasteiger partial charge on any atom is -1.00 e. The topological polar surface area (TPSA) is 0 Å². The Balaban J connectivity index is 0. The monoisotopic (exact) mass is 481 g/mol. The van der Waals surface area contributed by atoms with Crippen LogP contribution in [0.15, 0.2) is 0 Å². The third kappa shape index (κ3) is 37.0. The van der Waals surface area contributed by atoms with Crippen LogP contribution in [-0.2, 0) is 0 Å². The van der Waals surface area contributed by atoms with Crippen LogP contribution in [0.1, 0.15) is 0 Å². The van der Waals surface area contributed by atoms with Crippen LogP contribution in [0, 0.1) is 98.8 Å². The zero-order valence-corrected chi connectivity index (χ0v) is 11.3. The molecule has 0 aromatic rings. The molecule has 7 heteroatoms. The standard InChI is InChI=1S/5ClH.2Eu/h5*1H;;/q;;;;;+2;+3/p-5. The van der Waals surface area contributed by atoms with E-state index in [1.165, 1.54) is 0 Å². The molecule has 0 aromatic heterocycles. The van der Waals surface area contributed by atoms with Crippen molar-refractivity contribution in [3.63, 3.8) is 0 Å². The van der Waals surface area contributed by atoms with Gasteiger partial charge >= 0.3 is 98.8 Å². The smallest absolute Gasteiger partial charge is 1.00 e. The van der Waals surface area contributed by atoms with Gasteiger partial charge in [-0.15, -0.1) is 0 Å². The molecule has 0 bridgehead atoms. The van der Waals surface area contributed by atoms with Gasteiger partial charge in [0.25, 0.3) is 0 Å². The first kappa shape index (κ1) is 61.4. The van der Waals surface area contributed by atoms with E-state index in [0.717, 1.165) is 0 Å². The summed E-state index contributed by atoms with van der Waals surface area (Å²) in [5, 5.41) is 0. The van der Waals surface area contributed by atoms with Crippen LogP contribution in [0.25, 0.3) is 0 Å². The molecule has 0 spiro atoms. The third-order valence-electron chi connectivity index (χ3n) is 0. The molecule has 0 fully saturated rings. The van der Waals surface area contributed by atoms with Gasteiger partial charge in [-0.25, -0.2) is 0 Å². The van der Waals surface area contributed by atoms with Crippen LogP contribution in [-0.4, -0.2) is 0 Å². The molecule has 0 aliphatic rings. The van der Waals surface area contributed by atoms with Crippen molar-refractivity contribution in [2.75, 3.05) is 0 Å². The van der Waals surface area contributed by atoms with Gasteiger partial charge in [0.2, 0.25) is 0 Å². The Hall–Kier alpha value is 4.62. The van der Waals surface area contributed by atoms with E-state index >= 15 is 0 Å². The van der Waals surface area contributed by atoms with Gasteiger partial charge in [-0.1, -0.05) is 0 Å². The SMILES string of the molecule is [Cl-].[Cl-].[Cl-].[Cl-].[Cl-].[Eu+2].[Eu+3]. The van der Waals surface area contributed by atoms with Crippen molar-refractivity contribution < 1.29 is 161 Å². The Morgan fingerprint density at radius 1 is 0.429 bits per heavy atom. The van der Waals surface area contributed by atoms with Crippen LogP contribution in [0.3, 0.4) is 0 Å². The predicted octanol–water partition coefficient (Wildman–Crippen LogP) is -15.0. The fourth-order valence-electron chi connectivity index (χ4n) is 0. The summed E-state index contributed by atoms with van der Waals surface area (Å²) >= 11 is 0. The third-order valence-corrected chi connectivity index (χ3v) is 0. The first-order chi connectivity index (χ1) is 0. The Kier molecular flexibility index (Phi) is 404. The minimum absolute atomic E-state index is 0. The molecule has 0 aliphatic carbocycles. The molecule has 0 amide bonds. The van der Waals surface area contributed by atoms with Crippen molar-refractivity contribution in [1.82, 2.24) is 0 Å². The van der Waals surface area contributed by atoms with Crippen molar-refractivity contribution in [1.29, 1.82) is 0 Å². The second kappa shape index (κ2) is 46.1. The Labute approximate surface area is 156 Å². The number of hydrogen-bond donors (Lipinski definition) is 0. The maximum Gasteiger partial charge on any atom is 3.00 e. The molecule has 0 rings (SSSR count). The molecule has 0 heterocycles. The van der Waals surface area contributed by atoms with Gasteiger partial charge in [0.1, 0.15) is 0 Å². The number of hydrogen-bond acceptors (Lipinski definition) is 0. The van der Waals surface area contributed by atoms with Crippen molar-refractivity contribution in [3.05, 3.63) is 0 Å². The molecule has 0 aromatic carbocycles. The Morgan fingerprint density at radius 2 is 0.429 bits per heavy atom. The molecule has 0 unspecified atom stereocenters. The summed E-state index contributed by atoms with van der Waals surface area (Å²) in [6, 6.07) is 0. The second-order valence-corrected chi connectivity index (χ2v) is 0. The van der Waals surface area contributed by atoms with Crippen molar-refractivity contribution in [3.8, 4) is 0 Å². The molecule has 0 nitrogen and oxygen atoms in total. The van der Waals surface area contributed by atoms with Crippen LogP contribution in [0.4, 0.5) is 0 Å². The van der Waals surface area contributed by atoms with E-state index in [9.17, 15) is 0 Å². The molecule has 1 radical (unpaired) electrons. The molecule has 0 aliphatic heterocycles. The average molecular weight is 481 g/mol. The van der Waals surface area contributed by atoms with Gasteiger partial charge < -0.3 is 62.0 Å². The summed E-state index contributed by atoms with van der Waals surface area (Å²) in [5.41, 5.74) is 0. The predicted molar refractivity (Wildman–Crippen MR) is 0 cm³/mol. The zero-order chi connectivity index (χ0) is 0. The van der Waals surface area contributed by atoms with E-state index in [-0.39, 0.29) is 161 Å². The summed E-state index contributed by atoms with van der Waals surface area (Å²) in [6.45, 7) is 0. The Morgan fingerprint density at radius 3 is 0.429 bits per heavy atom. The van der Waals surface area contributed by atoms with Crippen molar-refractivity contribution in [2.45, 2.75) is 0 Å². The van der Waals surface area contributed by atoms with Crippen molar-refractivity contribution in [2.24, 2.45) is 0 Å². The minimum atomic E-state index is 0. The maximum atomic E-state index is 0. The van der Waals surface area contributed by atoms with E-state index < -0.39 is 0 Å². The zero-order valence-electron chi connectivity index (χ0n) is 2.65. The largest absolute Gasteiger partial charge is 3.00 e. The van der Waals surface area contributed by atoms with Gasteiger partial charge in [0, 0.05) is 0 Å². The first-order valence-electron chi connectivity index (χ1n) is 0. The van der Waals surface area contributed by atoms with Crippen LogP contribution in [0.2, 0.25) is 0 Å². The molecule has 0 saturated carbocycles. The van der Waals surface area contributed by atoms with Gasteiger partial charge in [0.15, 0.2) is 0 Å². The summed E-state index contributed by atoms with van der Waals surface area (Å²) in [7, 11) is 0. The van der Waals surface area contributed by atoms with E-state index in [0.29, 0.717) is 0 Å². The van der Waals surface area contributed by atoms with E-state index in [2.05, 4.69) is 0 Å². The molecule has 0 saturated heterocycles. The molecule has 49 valence electrons. The fraction of sp³-hybridized carbons (Fsp3) is 0. The van der Waals surface area contributed by atoms with Gasteiger partial charge in [0.05, 0.1) is 0 Å². The molecule has 0 atom stereocenters. The number of rotatable bonds is 0. The van der Waals surface area contributed by atoms with E-state index in [1.54, 1.807) is 0 Å². The summed E-state index contributed by atoms with van der Waals surface area (Å²) in [6.07, 6.45) is 0. The van der Waals surface area contributed by atoms with Gasteiger partial charge in [-0.2, -0.15) is 0 Å². The number of halogens is 5. The second-order valence-electron chi connectivity index (χ2n) is 0. The van der Waals surface area contributed by atoms with E-state index in [1.807, 2.05) is 0 Å². The molecule has 7 heavy (non-hydrogen) atoms. The fourth-order valence-corrected chi connectivity index (χ4v) is 0. The maximum absolute atomic E-state index is 0. The quantitative estimate of drug-likeness (QED) is 0.323. The molecule has 0 N–H and O–H groups in total. The normalized spacial score (nSPS) is 0. The van der Waals surface area contributed by atoms with Gasteiger partial charge in [-0.3, -0.25) is 0 Å². The Bertz CT molecular complexity index is 6.04. The average Bonchev–Trinajstić information content (AvgIpc) is 0. The van der Waals surface area contributed by atoms with Crippen LogP contribution >= 0.6 is 0 Å². The summed E-state index contributed by atoms with van der Waals surface area (Å²) in [5.74, 6) is 0. The molecular weight excluding hydrogens is 481 g/mol. The van der Waals surface area contributed by atoms with Gasteiger partial charge in [-0.05, 0) is 0 Å². The van der Waals surface area contributed by atoms with Crippen molar-refractivity contribution >= 4 is 0 Å². The first-order valence-corrected chi connectivity index (χ1v) is 0. The van der Waals surface area contributed by atoms with E-state index in [4.69, 9.17) is 0 Å². The molecular formula is Cl5Eu2. The van der Waals surface area contributed by atoms with Crippen LogP contribution in [0.5, 0.6) is 0 Å².